The molecule has 1 amide bonds. The Kier molecular flexibility index (Phi) is 4.62. The van der Waals surface area contributed by atoms with Crippen molar-refractivity contribution in [1.82, 2.24) is 4.90 Å². The molecule has 0 spiro atoms. The molecular formula is C16H19NO4. The number of nitrogens with zero attached hydrogens (tertiary/aromatic N) is 1. The molecule has 0 N–H and O–H groups in total. The average Bonchev–Trinajstić information content (AvgIpc) is 2.82. The highest BCUT2D eigenvalue weighted by Gasteiger charge is 2.24. The highest BCUT2D eigenvalue weighted by molar-refractivity contribution is 5.99. The van der Waals surface area contributed by atoms with Crippen molar-refractivity contribution in [2.75, 3.05) is 19.7 Å². The van der Waals surface area contributed by atoms with Crippen LogP contribution in [0.15, 0.2) is 28.7 Å². The lowest BCUT2D eigenvalue weighted by molar-refractivity contribution is -0.143. The van der Waals surface area contributed by atoms with E-state index in [4.69, 9.17) is 9.15 Å². The van der Waals surface area contributed by atoms with Gasteiger partial charge in [0, 0.05) is 17.5 Å². The van der Waals surface area contributed by atoms with Crippen molar-refractivity contribution in [2.24, 2.45) is 0 Å². The number of rotatable bonds is 5. The van der Waals surface area contributed by atoms with E-state index in [0.29, 0.717) is 18.7 Å². The number of amides is 1. The number of benzene rings is 1. The molecule has 112 valence electrons. The molecule has 0 aliphatic rings. The lowest BCUT2D eigenvalue weighted by Gasteiger charge is -2.18. The van der Waals surface area contributed by atoms with E-state index in [9.17, 15) is 9.59 Å². The van der Waals surface area contributed by atoms with Crippen LogP contribution in [0.2, 0.25) is 0 Å². The molecule has 1 aromatic carbocycles. The summed E-state index contributed by atoms with van der Waals surface area (Å²) in [5.41, 5.74) is 1.46. The van der Waals surface area contributed by atoms with Gasteiger partial charge in [0.1, 0.15) is 12.1 Å². The van der Waals surface area contributed by atoms with Crippen molar-refractivity contribution in [1.29, 1.82) is 0 Å². The van der Waals surface area contributed by atoms with Crippen LogP contribution in [0.25, 0.3) is 11.0 Å². The minimum Gasteiger partial charge on any atom is -0.465 e. The molecule has 0 unspecified atom stereocenters. The van der Waals surface area contributed by atoms with E-state index < -0.39 is 5.97 Å². The van der Waals surface area contributed by atoms with E-state index >= 15 is 0 Å². The van der Waals surface area contributed by atoms with E-state index in [1.807, 2.05) is 38.1 Å². The Bertz CT molecular complexity index is 659. The Morgan fingerprint density at radius 1 is 1.24 bits per heavy atom. The van der Waals surface area contributed by atoms with Crippen LogP contribution < -0.4 is 0 Å². The topological polar surface area (TPSA) is 59.8 Å². The molecule has 1 aromatic heterocycles. The van der Waals surface area contributed by atoms with Crippen LogP contribution in [0.4, 0.5) is 0 Å². The van der Waals surface area contributed by atoms with Crippen LogP contribution in [0.5, 0.6) is 0 Å². The summed E-state index contributed by atoms with van der Waals surface area (Å²) in [6.45, 7) is 6.04. The Balaban J connectivity index is 2.27. The number of likely N-dealkylation sites (N-methyl/N-ethyl adjacent to an activating group) is 1. The smallest absolute Gasteiger partial charge is 0.325 e. The molecule has 0 aliphatic heterocycles. The largest absolute Gasteiger partial charge is 0.465 e. The molecule has 2 aromatic rings. The van der Waals surface area contributed by atoms with E-state index in [1.165, 1.54) is 4.90 Å². The molecular weight excluding hydrogens is 270 g/mol. The Hall–Kier alpha value is -2.30. The van der Waals surface area contributed by atoms with Crippen LogP contribution in [-0.4, -0.2) is 36.5 Å². The van der Waals surface area contributed by atoms with Gasteiger partial charge in [-0.15, -0.1) is 0 Å². The van der Waals surface area contributed by atoms with Crippen molar-refractivity contribution in [3.8, 4) is 0 Å². The van der Waals surface area contributed by atoms with Gasteiger partial charge in [-0.25, -0.2) is 0 Å². The Morgan fingerprint density at radius 2 is 1.95 bits per heavy atom. The number of fused-ring (bicyclic) bond motifs is 1. The number of ether oxygens (including phenoxy) is 1. The number of aryl methyl sites for hydroxylation is 1. The van der Waals surface area contributed by atoms with Gasteiger partial charge in [-0.3, -0.25) is 9.59 Å². The SMILES string of the molecule is CCOC(=O)CN(CC)C(=O)c1oc2ccccc2c1C. The molecule has 0 bridgehead atoms. The van der Waals surface area contributed by atoms with Gasteiger partial charge in [0.2, 0.25) is 0 Å². The van der Waals surface area contributed by atoms with Crippen molar-refractivity contribution in [2.45, 2.75) is 20.8 Å². The standard InChI is InChI=1S/C16H19NO4/c1-4-17(10-14(18)20-5-2)16(19)15-11(3)12-8-6-7-9-13(12)21-15/h6-9H,4-5,10H2,1-3H3. The summed E-state index contributed by atoms with van der Waals surface area (Å²) in [7, 11) is 0. The highest BCUT2D eigenvalue weighted by atomic mass is 16.5. The normalized spacial score (nSPS) is 10.6. The molecule has 0 aliphatic carbocycles. The third-order valence-corrected chi connectivity index (χ3v) is 3.33. The van der Waals surface area contributed by atoms with E-state index in [2.05, 4.69) is 0 Å². The second-order valence-electron chi connectivity index (χ2n) is 4.68. The number of furan rings is 1. The number of esters is 1. The molecule has 0 atom stereocenters. The number of carbonyl (C=O) groups excluding carboxylic acids is 2. The predicted octanol–water partition coefficient (Wildman–Crippen LogP) is 2.77. The lowest BCUT2D eigenvalue weighted by Crippen LogP contribution is -2.36. The molecule has 21 heavy (non-hydrogen) atoms. The number of hydrogen-bond donors (Lipinski definition) is 0. The summed E-state index contributed by atoms with van der Waals surface area (Å²) in [6, 6.07) is 7.48. The second-order valence-corrected chi connectivity index (χ2v) is 4.68. The molecule has 0 saturated heterocycles. The maximum atomic E-state index is 12.5. The summed E-state index contributed by atoms with van der Waals surface area (Å²) in [5.74, 6) is -0.428. The molecule has 0 saturated carbocycles. The molecule has 0 fully saturated rings. The molecule has 1 heterocycles. The summed E-state index contributed by atoms with van der Waals surface area (Å²) in [4.78, 5) is 25.5. The Labute approximate surface area is 123 Å². The van der Waals surface area contributed by atoms with Crippen LogP contribution in [0.1, 0.15) is 30.0 Å². The zero-order valence-electron chi connectivity index (χ0n) is 12.5. The summed E-state index contributed by atoms with van der Waals surface area (Å²) >= 11 is 0. The van der Waals surface area contributed by atoms with Gasteiger partial charge in [-0.2, -0.15) is 0 Å². The zero-order valence-corrected chi connectivity index (χ0v) is 12.5. The van der Waals surface area contributed by atoms with Gasteiger partial charge in [0.05, 0.1) is 6.61 Å². The maximum Gasteiger partial charge on any atom is 0.325 e. The van der Waals surface area contributed by atoms with Gasteiger partial charge in [-0.05, 0) is 26.8 Å². The summed E-state index contributed by atoms with van der Waals surface area (Å²) in [6.07, 6.45) is 0. The third-order valence-electron chi connectivity index (χ3n) is 3.33. The summed E-state index contributed by atoms with van der Waals surface area (Å²) in [5, 5.41) is 0.910. The van der Waals surface area contributed by atoms with Crippen LogP contribution >= 0.6 is 0 Å². The first-order valence-electron chi connectivity index (χ1n) is 7.01. The molecule has 5 heteroatoms. The van der Waals surface area contributed by atoms with E-state index in [1.54, 1.807) is 6.92 Å². The highest BCUT2D eigenvalue weighted by Crippen LogP contribution is 2.25. The Morgan fingerprint density at radius 3 is 2.57 bits per heavy atom. The van der Waals surface area contributed by atoms with E-state index in [0.717, 1.165) is 10.9 Å². The van der Waals surface area contributed by atoms with Crippen LogP contribution in [0, 0.1) is 6.92 Å². The molecule has 5 nitrogen and oxygen atoms in total. The number of carbonyl (C=O) groups is 2. The van der Waals surface area contributed by atoms with Gasteiger partial charge < -0.3 is 14.1 Å². The first-order chi connectivity index (χ1) is 10.1. The quantitative estimate of drug-likeness (QED) is 0.794. The number of para-hydroxylation sites is 1. The lowest BCUT2D eigenvalue weighted by atomic mass is 10.1. The van der Waals surface area contributed by atoms with Crippen molar-refractivity contribution >= 4 is 22.8 Å². The minimum absolute atomic E-state index is 0.0698. The van der Waals surface area contributed by atoms with Crippen molar-refractivity contribution < 1.29 is 18.7 Å². The fourth-order valence-corrected chi connectivity index (χ4v) is 2.21. The minimum atomic E-state index is -0.415. The fourth-order valence-electron chi connectivity index (χ4n) is 2.21. The molecule has 2 rings (SSSR count). The van der Waals surface area contributed by atoms with Crippen molar-refractivity contribution in [3.63, 3.8) is 0 Å². The van der Waals surface area contributed by atoms with Crippen LogP contribution in [0.3, 0.4) is 0 Å². The number of hydrogen-bond acceptors (Lipinski definition) is 4. The van der Waals surface area contributed by atoms with Gasteiger partial charge >= 0.3 is 5.97 Å². The first-order valence-corrected chi connectivity index (χ1v) is 7.01. The zero-order chi connectivity index (χ0) is 15.4. The van der Waals surface area contributed by atoms with Gasteiger partial charge in [-0.1, -0.05) is 18.2 Å². The van der Waals surface area contributed by atoms with Gasteiger partial charge in [0.25, 0.3) is 5.91 Å². The third kappa shape index (κ3) is 3.07. The molecule has 0 radical (unpaired) electrons. The van der Waals surface area contributed by atoms with Crippen LogP contribution in [-0.2, 0) is 9.53 Å². The first kappa shape index (κ1) is 15.1. The fraction of sp³-hybridized carbons (Fsp3) is 0.375. The predicted molar refractivity (Wildman–Crippen MR) is 79.2 cm³/mol. The average molecular weight is 289 g/mol. The monoisotopic (exact) mass is 289 g/mol. The maximum absolute atomic E-state index is 12.5. The van der Waals surface area contributed by atoms with E-state index in [-0.39, 0.29) is 18.2 Å². The van der Waals surface area contributed by atoms with Gasteiger partial charge in [0.15, 0.2) is 5.76 Å². The summed E-state index contributed by atoms with van der Waals surface area (Å²) < 4.78 is 10.5. The van der Waals surface area contributed by atoms with Crippen molar-refractivity contribution in [3.05, 3.63) is 35.6 Å². The second kappa shape index (κ2) is 6.43.